The summed E-state index contributed by atoms with van der Waals surface area (Å²) in [5.41, 5.74) is 4.10. The van der Waals surface area contributed by atoms with Gasteiger partial charge in [0.05, 0.1) is 0 Å². The van der Waals surface area contributed by atoms with E-state index in [1.807, 2.05) is 85.8 Å². The van der Waals surface area contributed by atoms with Gasteiger partial charge in [-0.15, -0.1) is 5.10 Å². The molecule has 0 aliphatic heterocycles. The minimum absolute atomic E-state index is 0.0466. The van der Waals surface area contributed by atoms with E-state index in [4.69, 9.17) is 10.1 Å². The fraction of sp³-hybridized carbons (Fsp3) is 0.267. The summed E-state index contributed by atoms with van der Waals surface area (Å²) in [5.74, 6) is 0.965. The average molecular weight is 494 g/mol. The molecule has 1 heterocycles. The Morgan fingerprint density at radius 3 is 2.27 bits per heavy atom. The zero-order chi connectivity index (χ0) is 25.6. The van der Waals surface area contributed by atoms with Crippen molar-refractivity contribution in [3.8, 4) is 22.8 Å². The number of nitrogens with zero attached hydrogens (tertiary/aromatic N) is 3. The van der Waals surface area contributed by atoms with Crippen LogP contribution in [0.25, 0.3) is 22.8 Å². The predicted octanol–water partition coefficient (Wildman–Crippen LogP) is 5.62. The van der Waals surface area contributed by atoms with Crippen molar-refractivity contribution in [2.45, 2.75) is 51.6 Å². The first kappa shape index (κ1) is 24.4. The van der Waals surface area contributed by atoms with E-state index in [2.05, 4.69) is 10.6 Å². The molecule has 2 amide bonds. The molecule has 7 heteroatoms. The second-order valence-electron chi connectivity index (χ2n) is 9.58. The highest BCUT2D eigenvalue weighted by Gasteiger charge is 2.19. The number of hydrogen-bond donors (Lipinski definition) is 2. The van der Waals surface area contributed by atoms with Gasteiger partial charge in [-0.05, 0) is 56.2 Å². The molecule has 7 nitrogen and oxygen atoms in total. The topological polar surface area (TPSA) is 88.9 Å². The minimum Gasteiger partial charge on any atom is -0.352 e. The molecular formula is C30H31N5O2. The molecule has 1 aliphatic rings. The van der Waals surface area contributed by atoms with E-state index >= 15 is 0 Å². The van der Waals surface area contributed by atoms with Crippen LogP contribution in [0.4, 0.5) is 5.69 Å². The first-order valence-corrected chi connectivity index (χ1v) is 12.8. The Kier molecular flexibility index (Phi) is 7.40. The zero-order valence-electron chi connectivity index (χ0n) is 21.0. The van der Waals surface area contributed by atoms with Crippen molar-refractivity contribution in [1.29, 1.82) is 0 Å². The maximum atomic E-state index is 12.9. The number of amides is 2. The van der Waals surface area contributed by atoms with Crippen LogP contribution >= 0.6 is 0 Å². The summed E-state index contributed by atoms with van der Waals surface area (Å²) >= 11 is 0. The molecular weight excluding hydrogens is 462 g/mol. The van der Waals surface area contributed by atoms with Gasteiger partial charge in [-0.25, -0.2) is 9.67 Å². The third kappa shape index (κ3) is 6.12. The van der Waals surface area contributed by atoms with Crippen LogP contribution in [0.3, 0.4) is 0 Å². The molecule has 0 radical (unpaired) electrons. The molecule has 1 aliphatic carbocycles. The van der Waals surface area contributed by atoms with E-state index in [1.165, 1.54) is 6.42 Å². The Labute approximate surface area is 216 Å². The van der Waals surface area contributed by atoms with Crippen LogP contribution in [-0.4, -0.2) is 32.6 Å². The maximum absolute atomic E-state index is 12.9. The van der Waals surface area contributed by atoms with Crippen LogP contribution in [0.15, 0.2) is 78.9 Å². The number of aromatic nitrogens is 3. The Bertz CT molecular complexity index is 1360. The Morgan fingerprint density at radius 1 is 0.865 bits per heavy atom. The SMILES string of the molecule is Cc1ccc(C(=O)Nc2ccc(-c3nc(-c4ccccc4)n(CC(=O)NC4CCCCC4)n3)cc2)cc1. The van der Waals surface area contributed by atoms with Gasteiger partial charge in [-0.1, -0.05) is 67.3 Å². The lowest BCUT2D eigenvalue weighted by Crippen LogP contribution is -2.38. The van der Waals surface area contributed by atoms with E-state index in [0.29, 0.717) is 22.9 Å². The van der Waals surface area contributed by atoms with E-state index < -0.39 is 0 Å². The third-order valence-electron chi connectivity index (χ3n) is 6.68. The van der Waals surface area contributed by atoms with Crippen LogP contribution in [-0.2, 0) is 11.3 Å². The van der Waals surface area contributed by atoms with Crippen LogP contribution in [0, 0.1) is 6.92 Å². The van der Waals surface area contributed by atoms with Gasteiger partial charge in [-0.3, -0.25) is 9.59 Å². The number of carbonyl (C=O) groups is 2. The number of rotatable bonds is 7. The molecule has 188 valence electrons. The van der Waals surface area contributed by atoms with Crippen molar-refractivity contribution in [3.05, 3.63) is 90.0 Å². The van der Waals surface area contributed by atoms with Crippen molar-refractivity contribution >= 4 is 17.5 Å². The molecule has 0 saturated heterocycles. The van der Waals surface area contributed by atoms with Gasteiger partial charge in [0.25, 0.3) is 5.91 Å². The van der Waals surface area contributed by atoms with E-state index in [-0.39, 0.29) is 24.4 Å². The average Bonchev–Trinajstić information content (AvgIpc) is 3.34. The van der Waals surface area contributed by atoms with E-state index in [9.17, 15) is 9.59 Å². The molecule has 0 spiro atoms. The largest absolute Gasteiger partial charge is 0.352 e. The molecule has 0 unspecified atom stereocenters. The van der Waals surface area contributed by atoms with Crippen LogP contribution < -0.4 is 10.6 Å². The van der Waals surface area contributed by atoms with Crippen molar-refractivity contribution in [2.24, 2.45) is 0 Å². The Hall–Kier alpha value is -4.26. The molecule has 37 heavy (non-hydrogen) atoms. The smallest absolute Gasteiger partial charge is 0.255 e. The second kappa shape index (κ2) is 11.2. The molecule has 4 aromatic rings. The summed E-state index contributed by atoms with van der Waals surface area (Å²) in [6, 6.07) is 24.9. The van der Waals surface area contributed by atoms with Gasteiger partial charge in [-0.2, -0.15) is 0 Å². The minimum atomic E-state index is -0.162. The number of hydrogen-bond acceptors (Lipinski definition) is 4. The molecule has 1 aromatic heterocycles. The molecule has 0 bridgehead atoms. The highest BCUT2D eigenvalue weighted by Crippen LogP contribution is 2.24. The lowest BCUT2D eigenvalue weighted by atomic mass is 9.95. The summed E-state index contributed by atoms with van der Waals surface area (Å²) in [5, 5.41) is 10.8. The van der Waals surface area contributed by atoms with Crippen molar-refractivity contribution in [3.63, 3.8) is 0 Å². The van der Waals surface area contributed by atoms with Crippen LogP contribution in [0.5, 0.6) is 0 Å². The van der Waals surface area contributed by atoms with Gasteiger partial charge in [0.15, 0.2) is 11.6 Å². The predicted molar refractivity (Wildman–Crippen MR) is 145 cm³/mol. The number of anilines is 1. The van der Waals surface area contributed by atoms with Crippen molar-refractivity contribution < 1.29 is 9.59 Å². The number of benzene rings is 3. The van der Waals surface area contributed by atoms with Gasteiger partial charge in [0.2, 0.25) is 5.91 Å². The third-order valence-corrected chi connectivity index (χ3v) is 6.68. The zero-order valence-corrected chi connectivity index (χ0v) is 21.0. The first-order chi connectivity index (χ1) is 18.0. The summed E-state index contributed by atoms with van der Waals surface area (Å²) in [7, 11) is 0. The number of carbonyl (C=O) groups excluding carboxylic acids is 2. The fourth-order valence-corrected chi connectivity index (χ4v) is 4.64. The monoisotopic (exact) mass is 493 g/mol. The van der Waals surface area contributed by atoms with E-state index in [1.54, 1.807) is 4.68 Å². The van der Waals surface area contributed by atoms with Crippen molar-refractivity contribution in [1.82, 2.24) is 20.1 Å². The first-order valence-electron chi connectivity index (χ1n) is 12.8. The summed E-state index contributed by atoms with van der Waals surface area (Å²) < 4.78 is 1.68. The maximum Gasteiger partial charge on any atom is 0.255 e. The standard InChI is InChI=1S/C30H31N5O2/c1-21-12-14-24(15-13-21)30(37)32-26-18-16-22(17-19-26)28-33-29(23-8-4-2-5-9-23)35(34-28)20-27(36)31-25-10-6-3-7-11-25/h2,4-5,8-9,12-19,25H,3,6-7,10-11,20H2,1H3,(H,31,36)(H,32,37). The number of nitrogens with one attached hydrogen (secondary N) is 2. The molecule has 1 saturated carbocycles. The Morgan fingerprint density at radius 2 is 1.57 bits per heavy atom. The summed E-state index contributed by atoms with van der Waals surface area (Å²) in [4.78, 5) is 30.2. The quantitative estimate of drug-likeness (QED) is 0.350. The van der Waals surface area contributed by atoms with Gasteiger partial charge in [0.1, 0.15) is 6.54 Å². The van der Waals surface area contributed by atoms with Crippen molar-refractivity contribution in [2.75, 3.05) is 5.32 Å². The Balaban J connectivity index is 1.34. The van der Waals surface area contributed by atoms with E-state index in [0.717, 1.165) is 42.4 Å². The summed E-state index contributed by atoms with van der Waals surface area (Å²) in [6.07, 6.45) is 5.63. The van der Waals surface area contributed by atoms with Gasteiger partial charge >= 0.3 is 0 Å². The highest BCUT2D eigenvalue weighted by atomic mass is 16.2. The van der Waals surface area contributed by atoms with Gasteiger partial charge < -0.3 is 10.6 Å². The molecule has 5 rings (SSSR count). The van der Waals surface area contributed by atoms with Gasteiger partial charge in [0, 0.05) is 28.4 Å². The lowest BCUT2D eigenvalue weighted by molar-refractivity contribution is -0.122. The van der Waals surface area contributed by atoms with Crippen LogP contribution in [0.1, 0.15) is 48.0 Å². The fourth-order valence-electron chi connectivity index (χ4n) is 4.64. The number of aryl methyl sites for hydroxylation is 1. The molecule has 3 aromatic carbocycles. The molecule has 1 fully saturated rings. The lowest BCUT2D eigenvalue weighted by Gasteiger charge is -2.22. The highest BCUT2D eigenvalue weighted by molar-refractivity contribution is 6.04. The normalized spacial score (nSPS) is 13.8. The summed E-state index contributed by atoms with van der Waals surface area (Å²) in [6.45, 7) is 2.10. The molecule has 0 atom stereocenters. The second-order valence-corrected chi connectivity index (χ2v) is 9.58. The molecule has 2 N–H and O–H groups in total. The van der Waals surface area contributed by atoms with Crippen LogP contribution in [0.2, 0.25) is 0 Å².